The third-order valence-corrected chi connectivity index (χ3v) is 10.6. The van der Waals surface area contributed by atoms with Gasteiger partial charge >= 0.3 is 0 Å². The monoisotopic (exact) mass is 743 g/mol. The van der Waals surface area contributed by atoms with E-state index in [4.69, 9.17) is 23.2 Å². The van der Waals surface area contributed by atoms with Crippen LogP contribution >= 0.6 is 39.1 Å². The molecule has 0 spiro atoms. The van der Waals surface area contributed by atoms with Gasteiger partial charge in [0, 0.05) is 39.1 Å². The van der Waals surface area contributed by atoms with Crippen LogP contribution < -0.4 is 9.62 Å². The lowest BCUT2D eigenvalue weighted by molar-refractivity contribution is -0.140. The summed E-state index contributed by atoms with van der Waals surface area (Å²) in [5.74, 6) is -0.975. The molecule has 0 saturated carbocycles. The topological polar surface area (TPSA) is 86.8 Å². The average molecular weight is 746 g/mol. The number of nitrogens with zero attached hydrogens (tertiary/aromatic N) is 2. The van der Waals surface area contributed by atoms with Crippen LogP contribution in [-0.2, 0) is 32.6 Å². The number of rotatable bonds is 13. The number of anilines is 1. The Balaban J connectivity index is 1.84. The number of amides is 2. The number of sulfonamides is 1. The summed E-state index contributed by atoms with van der Waals surface area (Å²) in [5, 5.41) is 3.66. The molecule has 242 valence electrons. The number of carbonyl (C=O) groups excluding carboxylic acids is 2. The molecule has 1 N–H and O–H groups in total. The van der Waals surface area contributed by atoms with Gasteiger partial charge in [0.1, 0.15) is 12.6 Å². The first-order valence-electron chi connectivity index (χ1n) is 14.8. The molecular weight excluding hydrogens is 709 g/mol. The van der Waals surface area contributed by atoms with Crippen molar-refractivity contribution in [2.45, 2.75) is 57.1 Å². The molecular formula is C35H36BrCl2N3O4S. The summed E-state index contributed by atoms with van der Waals surface area (Å²) < 4.78 is 30.1. The third kappa shape index (κ3) is 8.91. The predicted octanol–water partition coefficient (Wildman–Crippen LogP) is 7.81. The highest BCUT2D eigenvalue weighted by molar-refractivity contribution is 9.10. The van der Waals surface area contributed by atoms with Gasteiger partial charge in [-0.1, -0.05) is 106 Å². The van der Waals surface area contributed by atoms with E-state index in [9.17, 15) is 18.0 Å². The highest BCUT2D eigenvalue weighted by atomic mass is 79.9. The van der Waals surface area contributed by atoms with Crippen molar-refractivity contribution < 1.29 is 18.0 Å². The highest BCUT2D eigenvalue weighted by Crippen LogP contribution is 2.30. The van der Waals surface area contributed by atoms with Gasteiger partial charge in [-0.2, -0.15) is 0 Å². The first-order valence-corrected chi connectivity index (χ1v) is 17.8. The van der Waals surface area contributed by atoms with Crippen molar-refractivity contribution >= 4 is 66.7 Å². The third-order valence-electron chi connectivity index (χ3n) is 7.65. The van der Waals surface area contributed by atoms with Crippen LogP contribution in [0.15, 0.2) is 106 Å². The molecule has 0 fully saturated rings. The van der Waals surface area contributed by atoms with Gasteiger partial charge in [0.05, 0.1) is 10.6 Å². The van der Waals surface area contributed by atoms with E-state index in [-0.39, 0.29) is 35.5 Å². The number of halogens is 3. The highest BCUT2D eigenvalue weighted by Gasteiger charge is 2.35. The Morgan fingerprint density at radius 1 is 0.891 bits per heavy atom. The predicted molar refractivity (Wildman–Crippen MR) is 189 cm³/mol. The number of nitrogens with one attached hydrogen (secondary N) is 1. The number of carbonyl (C=O) groups is 2. The minimum atomic E-state index is -4.22. The Morgan fingerprint density at radius 3 is 2.13 bits per heavy atom. The first-order chi connectivity index (χ1) is 21.9. The molecule has 4 aromatic carbocycles. The van der Waals surface area contributed by atoms with E-state index in [1.54, 1.807) is 54.6 Å². The minimum absolute atomic E-state index is 0.0296. The van der Waals surface area contributed by atoms with Gasteiger partial charge in [-0.05, 0) is 68.3 Å². The Kier molecular flexibility index (Phi) is 12.3. The van der Waals surface area contributed by atoms with Gasteiger partial charge in [-0.3, -0.25) is 13.9 Å². The summed E-state index contributed by atoms with van der Waals surface area (Å²) in [6.45, 7) is 4.99. The zero-order valence-corrected chi connectivity index (χ0v) is 29.7. The second-order valence-electron chi connectivity index (χ2n) is 11.0. The molecule has 0 aliphatic rings. The zero-order valence-electron chi connectivity index (χ0n) is 25.8. The van der Waals surface area contributed by atoms with Crippen LogP contribution in [0.1, 0.15) is 37.0 Å². The van der Waals surface area contributed by atoms with Crippen molar-refractivity contribution in [2.75, 3.05) is 10.8 Å². The number of benzene rings is 4. The van der Waals surface area contributed by atoms with Crippen molar-refractivity contribution in [2.24, 2.45) is 0 Å². The lowest BCUT2D eigenvalue weighted by Crippen LogP contribution is -2.54. The van der Waals surface area contributed by atoms with Gasteiger partial charge in [-0.15, -0.1) is 0 Å². The summed E-state index contributed by atoms with van der Waals surface area (Å²) >= 11 is 16.6. The molecule has 46 heavy (non-hydrogen) atoms. The van der Waals surface area contributed by atoms with E-state index in [0.29, 0.717) is 26.5 Å². The van der Waals surface area contributed by atoms with Crippen molar-refractivity contribution in [1.29, 1.82) is 0 Å². The number of aryl methyl sites for hydroxylation is 1. The SMILES string of the molecule is CCC(C)NC(=O)C(Cc1ccccc1)N(Cc1c(Cl)cccc1Cl)C(=O)CN(c1cccc(Br)c1)S(=O)(=O)c1ccc(C)cc1. The van der Waals surface area contributed by atoms with Crippen molar-refractivity contribution in [3.63, 3.8) is 0 Å². The fourth-order valence-corrected chi connectivity index (χ4v) is 7.16. The Hall–Kier alpha value is -3.37. The molecule has 0 aliphatic heterocycles. The molecule has 2 amide bonds. The molecule has 0 heterocycles. The first kappa shape index (κ1) is 35.5. The molecule has 0 radical (unpaired) electrons. The van der Waals surface area contributed by atoms with Gasteiger partial charge in [0.15, 0.2) is 0 Å². The second-order valence-corrected chi connectivity index (χ2v) is 14.6. The molecule has 0 bridgehead atoms. The van der Waals surface area contributed by atoms with Crippen LogP contribution in [0, 0.1) is 6.92 Å². The van der Waals surface area contributed by atoms with Crippen molar-refractivity contribution in [3.8, 4) is 0 Å². The summed E-state index contributed by atoms with van der Waals surface area (Å²) in [4.78, 5) is 30.0. The molecule has 4 rings (SSSR count). The fraction of sp³-hybridized carbons (Fsp3) is 0.257. The maximum absolute atomic E-state index is 14.6. The average Bonchev–Trinajstić information content (AvgIpc) is 3.03. The Labute approximate surface area is 289 Å². The van der Waals surface area contributed by atoms with E-state index in [1.807, 2.05) is 51.1 Å². The molecule has 2 atom stereocenters. The summed E-state index contributed by atoms with van der Waals surface area (Å²) in [6.07, 6.45) is 0.859. The lowest BCUT2D eigenvalue weighted by Gasteiger charge is -2.34. The normalized spacial score (nSPS) is 12.7. The minimum Gasteiger partial charge on any atom is -0.352 e. The number of hydrogen-bond acceptors (Lipinski definition) is 4. The van der Waals surface area contributed by atoms with Crippen LogP contribution in [-0.4, -0.2) is 43.8 Å². The van der Waals surface area contributed by atoms with Crippen LogP contribution in [0.3, 0.4) is 0 Å². The molecule has 4 aromatic rings. The maximum atomic E-state index is 14.6. The zero-order chi connectivity index (χ0) is 33.4. The Morgan fingerprint density at radius 2 is 1.52 bits per heavy atom. The van der Waals surface area contributed by atoms with Crippen molar-refractivity contribution in [1.82, 2.24) is 10.2 Å². The molecule has 0 saturated heterocycles. The Bertz CT molecular complexity index is 1750. The largest absolute Gasteiger partial charge is 0.352 e. The molecule has 0 aromatic heterocycles. The van der Waals surface area contributed by atoms with E-state index >= 15 is 0 Å². The second kappa shape index (κ2) is 16.0. The van der Waals surface area contributed by atoms with E-state index in [2.05, 4.69) is 21.2 Å². The van der Waals surface area contributed by atoms with E-state index in [1.165, 1.54) is 17.0 Å². The summed E-state index contributed by atoms with van der Waals surface area (Å²) in [5.41, 5.74) is 2.44. The van der Waals surface area contributed by atoms with Gasteiger partial charge in [0.25, 0.3) is 10.0 Å². The number of hydrogen-bond donors (Lipinski definition) is 1. The van der Waals surface area contributed by atoms with E-state index < -0.39 is 28.5 Å². The maximum Gasteiger partial charge on any atom is 0.264 e. The van der Waals surface area contributed by atoms with Crippen LogP contribution in [0.25, 0.3) is 0 Å². The fourth-order valence-electron chi connectivity index (χ4n) is 4.85. The van der Waals surface area contributed by atoms with Crippen LogP contribution in [0.2, 0.25) is 10.0 Å². The molecule has 2 unspecified atom stereocenters. The molecule has 11 heteroatoms. The van der Waals surface area contributed by atoms with Crippen molar-refractivity contribution in [3.05, 3.63) is 128 Å². The molecule has 0 aliphatic carbocycles. The molecule has 7 nitrogen and oxygen atoms in total. The van der Waals surface area contributed by atoms with Crippen LogP contribution in [0.5, 0.6) is 0 Å². The quantitative estimate of drug-likeness (QED) is 0.151. The van der Waals surface area contributed by atoms with Gasteiger partial charge in [0.2, 0.25) is 11.8 Å². The van der Waals surface area contributed by atoms with E-state index in [0.717, 1.165) is 15.4 Å². The van der Waals surface area contributed by atoms with Crippen LogP contribution in [0.4, 0.5) is 5.69 Å². The van der Waals surface area contributed by atoms with Gasteiger partial charge < -0.3 is 10.2 Å². The standard InChI is InChI=1S/C35H36BrCl2N3O4S/c1-4-25(3)39-35(43)33(20-26-10-6-5-7-11-26)40(22-30-31(37)14-9-15-32(30)38)34(42)23-41(28-13-8-12-27(36)21-28)46(44,45)29-18-16-24(2)17-19-29/h5-19,21,25,33H,4,20,22-23H2,1-3H3,(H,39,43). The summed E-state index contributed by atoms with van der Waals surface area (Å²) in [6, 6.07) is 26.3. The van der Waals surface area contributed by atoms with Gasteiger partial charge in [-0.25, -0.2) is 8.42 Å². The summed E-state index contributed by atoms with van der Waals surface area (Å²) in [7, 11) is -4.22. The smallest absolute Gasteiger partial charge is 0.264 e. The lowest BCUT2D eigenvalue weighted by atomic mass is 10.0.